The Bertz CT molecular complexity index is 1290. The maximum atomic E-state index is 12.8. The molecule has 418 valence electrons. The van der Waals surface area contributed by atoms with Crippen molar-refractivity contribution in [2.45, 2.75) is 329 Å². The molecule has 6 nitrogen and oxygen atoms in total. The van der Waals surface area contributed by atoms with Gasteiger partial charge in [-0.25, -0.2) is 0 Å². The average molecular weight is 1010 g/mol. The summed E-state index contributed by atoms with van der Waals surface area (Å²) in [5, 5.41) is 0. The number of carbonyl (C=O) groups is 3. The number of ether oxygens (including phenoxy) is 3. The highest BCUT2D eigenvalue weighted by atomic mass is 16.6. The highest BCUT2D eigenvalue weighted by Crippen LogP contribution is 2.17. The Labute approximate surface area is 447 Å². The Morgan fingerprint density at radius 3 is 0.903 bits per heavy atom. The summed E-state index contributed by atoms with van der Waals surface area (Å²) in [5.74, 6) is -0.968. The average Bonchev–Trinajstić information content (AvgIpc) is 3.38. The number of carbonyl (C=O) groups excluding carboxylic acids is 3. The second kappa shape index (κ2) is 60.7. The molecular formula is C66H118O6. The van der Waals surface area contributed by atoms with Crippen LogP contribution in [0, 0.1) is 0 Å². The third-order valence-corrected chi connectivity index (χ3v) is 13.8. The summed E-state index contributed by atoms with van der Waals surface area (Å²) in [4.78, 5) is 38.1. The Balaban J connectivity index is 4.16. The summed E-state index contributed by atoms with van der Waals surface area (Å²) < 4.78 is 16.8. The van der Waals surface area contributed by atoms with Crippen molar-refractivity contribution in [1.29, 1.82) is 0 Å². The second-order valence-corrected chi connectivity index (χ2v) is 20.9. The van der Waals surface area contributed by atoms with Crippen LogP contribution < -0.4 is 0 Å². The minimum atomic E-state index is -0.809. The first-order valence-electron chi connectivity index (χ1n) is 31.3. The highest BCUT2D eigenvalue weighted by molar-refractivity contribution is 5.71. The van der Waals surface area contributed by atoms with Gasteiger partial charge in [-0.3, -0.25) is 14.4 Å². The van der Waals surface area contributed by atoms with Crippen LogP contribution in [0.25, 0.3) is 0 Å². The lowest BCUT2D eigenvalue weighted by Gasteiger charge is -2.18. The van der Waals surface area contributed by atoms with Gasteiger partial charge in [0.1, 0.15) is 13.2 Å². The molecule has 0 aromatic heterocycles. The van der Waals surface area contributed by atoms with Crippen LogP contribution in [-0.2, 0) is 28.6 Å². The maximum absolute atomic E-state index is 12.8. The van der Waals surface area contributed by atoms with Crippen LogP contribution in [0.4, 0.5) is 0 Å². The van der Waals surface area contributed by atoms with Crippen LogP contribution in [-0.4, -0.2) is 37.2 Å². The normalized spacial score (nSPS) is 12.4. The molecule has 0 aliphatic heterocycles. The van der Waals surface area contributed by atoms with Crippen molar-refractivity contribution in [3.05, 3.63) is 60.8 Å². The molecule has 0 fully saturated rings. The Morgan fingerprint density at radius 1 is 0.292 bits per heavy atom. The van der Waals surface area contributed by atoms with Gasteiger partial charge in [0.05, 0.1) is 0 Å². The zero-order valence-corrected chi connectivity index (χ0v) is 47.9. The van der Waals surface area contributed by atoms with Crippen molar-refractivity contribution in [3.8, 4) is 0 Å². The van der Waals surface area contributed by atoms with Gasteiger partial charge in [0, 0.05) is 19.3 Å². The molecule has 0 amide bonds. The smallest absolute Gasteiger partial charge is 0.306 e. The van der Waals surface area contributed by atoms with Gasteiger partial charge >= 0.3 is 17.9 Å². The number of rotatable bonds is 57. The fourth-order valence-electron chi connectivity index (χ4n) is 9.10. The van der Waals surface area contributed by atoms with Gasteiger partial charge in [-0.15, -0.1) is 0 Å². The van der Waals surface area contributed by atoms with Gasteiger partial charge in [0.25, 0.3) is 0 Å². The third kappa shape index (κ3) is 58.0. The number of hydrogen-bond acceptors (Lipinski definition) is 6. The molecule has 0 saturated heterocycles. The van der Waals surface area contributed by atoms with E-state index < -0.39 is 6.10 Å². The van der Waals surface area contributed by atoms with E-state index in [0.717, 1.165) is 64.2 Å². The Hall–Kier alpha value is -2.89. The second-order valence-electron chi connectivity index (χ2n) is 20.9. The topological polar surface area (TPSA) is 78.9 Å². The monoisotopic (exact) mass is 1010 g/mol. The summed E-state index contributed by atoms with van der Waals surface area (Å²) in [5.41, 5.74) is 0. The lowest BCUT2D eigenvalue weighted by molar-refractivity contribution is -0.166. The van der Waals surface area contributed by atoms with Crippen LogP contribution in [0.2, 0.25) is 0 Å². The maximum Gasteiger partial charge on any atom is 0.306 e. The first kappa shape index (κ1) is 69.1. The molecule has 6 heteroatoms. The molecular weight excluding hydrogens is 889 g/mol. The molecule has 0 bridgehead atoms. The number of allylic oxidation sites excluding steroid dienone is 10. The van der Waals surface area contributed by atoms with E-state index in [9.17, 15) is 14.4 Å². The third-order valence-electron chi connectivity index (χ3n) is 13.8. The van der Waals surface area contributed by atoms with E-state index in [2.05, 4.69) is 75.5 Å². The van der Waals surface area contributed by atoms with E-state index in [1.807, 2.05) is 6.08 Å². The van der Waals surface area contributed by atoms with Gasteiger partial charge in [-0.2, -0.15) is 0 Å². The molecule has 0 heterocycles. The quantitative estimate of drug-likeness (QED) is 0.0261. The molecule has 0 radical (unpaired) electrons. The van der Waals surface area contributed by atoms with E-state index in [0.29, 0.717) is 19.3 Å². The molecule has 0 aliphatic carbocycles. The van der Waals surface area contributed by atoms with E-state index in [4.69, 9.17) is 14.2 Å². The Kier molecular flexibility index (Phi) is 58.2. The lowest BCUT2D eigenvalue weighted by Crippen LogP contribution is -2.30. The lowest BCUT2D eigenvalue weighted by atomic mass is 10.0. The zero-order valence-electron chi connectivity index (χ0n) is 47.9. The van der Waals surface area contributed by atoms with Gasteiger partial charge in [-0.05, 0) is 70.6 Å². The van der Waals surface area contributed by atoms with Gasteiger partial charge in [0.2, 0.25) is 0 Å². The van der Waals surface area contributed by atoms with Crippen molar-refractivity contribution >= 4 is 17.9 Å². The molecule has 0 spiro atoms. The molecule has 0 rings (SSSR count). The molecule has 1 unspecified atom stereocenters. The van der Waals surface area contributed by atoms with Crippen molar-refractivity contribution in [1.82, 2.24) is 0 Å². The minimum absolute atomic E-state index is 0.0990. The summed E-state index contributed by atoms with van der Waals surface area (Å²) in [6.07, 6.45) is 76.9. The summed E-state index contributed by atoms with van der Waals surface area (Å²) >= 11 is 0. The van der Waals surface area contributed by atoms with Crippen molar-refractivity contribution < 1.29 is 28.6 Å². The van der Waals surface area contributed by atoms with Crippen molar-refractivity contribution in [3.63, 3.8) is 0 Å². The van der Waals surface area contributed by atoms with Crippen LogP contribution >= 0.6 is 0 Å². The summed E-state index contributed by atoms with van der Waals surface area (Å²) in [6, 6.07) is 0. The van der Waals surface area contributed by atoms with E-state index in [-0.39, 0.29) is 37.5 Å². The number of esters is 3. The fraction of sp³-hybridized carbons (Fsp3) is 0.803. The number of hydrogen-bond donors (Lipinski definition) is 0. The molecule has 0 aromatic rings. The van der Waals surface area contributed by atoms with Gasteiger partial charge in [-0.1, -0.05) is 293 Å². The first-order valence-corrected chi connectivity index (χ1v) is 31.3. The molecule has 0 saturated carbocycles. The van der Waals surface area contributed by atoms with Crippen LogP contribution in [0.5, 0.6) is 0 Å². The van der Waals surface area contributed by atoms with Crippen molar-refractivity contribution in [2.75, 3.05) is 13.2 Å². The Morgan fingerprint density at radius 2 is 0.569 bits per heavy atom. The standard InChI is InChI=1S/C66H118O6/c1-4-7-10-13-16-19-22-25-26-27-28-29-30-31-32-33-34-35-36-37-38-39-40-42-44-47-50-53-56-59-65(68)71-62-63(61-70-64(67)58-55-52-49-46-43-24-21-18-15-12-9-6-3)72-66(69)60-57-54-51-48-45-41-23-20-17-14-11-8-5-2/h8,11,17,20,27-28,41,45,51,54,63H,4-7,9-10,12-16,18-19,21-26,29-40,42-44,46-50,52-53,55-62H2,1-3H3/b11-8-,20-17-,28-27-,45-41-,54-51-. The van der Waals surface area contributed by atoms with Gasteiger partial charge in [0.15, 0.2) is 6.10 Å². The molecule has 1 atom stereocenters. The molecule has 0 aliphatic rings. The van der Waals surface area contributed by atoms with E-state index in [1.165, 1.54) is 212 Å². The molecule has 0 aromatic carbocycles. The summed E-state index contributed by atoms with van der Waals surface area (Å²) in [7, 11) is 0. The van der Waals surface area contributed by atoms with Gasteiger partial charge < -0.3 is 14.2 Å². The zero-order chi connectivity index (χ0) is 52.2. The first-order chi connectivity index (χ1) is 35.5. The van der Waals surface area contributed by atoms with E-state index >= 15 is 0 Å². The SMILES string of the molecule is CC/C=C\C/C=C\C/C=C\C/C=C\CCC(=O)OC(COC(=O)CCCCCCCCCCCCCC)COC(=O)CCCCCCCCCCCCCCCCCCC/C=C\CCCCCCCCCC. The molecule has 0 N–H and O–H groups in total. The van der Waals surface area contributed by atoms with Crippen LogP contribution in [0.3, 0.4) is 0 Å². The minimum Gasteiger partial charge on any atom is -0.462 e. The predicted molar refractivity (Wildman–Crippen MR) is 312 cm³/mol. The molecule has 72 heavy (non-hydrogen) atoms. The fourth-order valence-corrected chi connectivity index (χ4v) is 9.10. The highest BCUT2D eigenvalue weighted by Gasteiger charge is 2.19. The van der Waals surface area contributed by atoms with Crippen LogP contribution in [0.1, 0.15) is 323 Å². The van der Waals surface area contributed by atoms with Crippen LogP contribution in [0.15, 0.2) is 60.8 Å². The van der Waals surface area contributed by atoms with E-state index in [1.54, 1.807) is 0 Å². The van der Waals surface area contributed by atoms with Crippen molar-refractivity contribution in [2.24, 2.45) is 0 Å². The number of unbranched alkanes of at least 4 members (excludes halogenated alkanes) is 36. The summed E-state index contributed by atoms with van der Waals surface area (Å²) in [6.45, 7) is 6.49. The predicted octanol–water partition coefficient (Wildman–Crippen LogP) is 21.2. The largest absolute Gasteiger partial charge is 0.462 e.